The van der Waals surface area contributed by atoms with Crippen molar-refractivity contribution in [1.29, 1.82) is 0 Å². The van der Waals surface area contributed by atoms with E-state index in [4.69, 9.17) is 9.72 Å². The van der Waals surface area contributed by atoms with Crippen LogP contribution in [0.25, 0.3) is 10.9 Å². The third kappa shape index (κ3) is 5.91. The zero-order valence-electron chi connectivity index (χ0n) is 19.8. The molecular formula is C28H33N3O2S. The van der Waals surface area contributed by atoms with Crippen LogP contribution in [-0.2, 0) is 6.54 Å². The summed E-state index contributed by atoms with van der Waals surface area (Å²) < 4.78 is 5.79. The van der Waals surface area contributed by atoms with Crippen molar-refractivity contribution in [2.24, 2.45) is 5.92 Å². The van der Waals surface area contributed by atoms with Crippen LogP contribution in [0.1, 0.15) is 53.6 Å². The van der Waals surface area contributed by atoms with E-state index in [-0.39, 0.29) is 5.91 Å². The summed E-state index contributed by atoms with van der Waals surface area (Å²) in [6.45, 7) is 3.60. The fraction of sp³-hybridized carbons (Fsp3) is 0.429. The number of fused-ring (bicyclic) bond motifs is 1. The molecule has 2 fully saturated rings. The lowest BCUT2D eigenvalue weighted by Crippen LogP contribution is -2.32. The smallest absolute Gasteiger partial charge is 0.255 e. The number of ether oxygens (including phenoxy) is 1. The quantitative estimate of drug-likeness (QED) is 0.400. The molecule has 178 valence electrons. The van der Waals surface area contributed by atoms with Crippen molar-refractivity contribution in [3.05, 3.63) is 65.4 Å². The summed E-state index contributed by atoms with van der Waals surface area (Å²) in [5.41, 5.74) is 4.51. The minimum absolute atomic E-state index is 0.126. The minimum Gasteiger partial charge on any atom is -0.494 e. The van der Waals surface area contributed by atoms with Gasteiger partial charge in [0.05, 0.1) is 12.1 Å². The Morgan fingerprint density at radius 3 is 2.65 bits per heavy atom. The van der Waals surface area contributed by atoms with Crippen LogP contribution >= 0.6 is 11.8 Å². The van der Waals surface area contributed by atoms with Crippen molar-refractivity contribution < 1.29 is 9.53 Å². The van der Waals surface area contributed by atoms with Gasteiger partial charge in [0.15, 0.2) is 0 Å². The van der Waals surface area contributed by atoms with Crippen LogP contribution in [0.15, 0.2) is 48.7 Å². The maximum atomic E-state index is 12.8. The Morgan fingerprint density at radius 1 is 1.09 bits per heavy atom. The van der Waals surface area contributed by atoms with Crippen LogP contribution in [0.5, 0.6) is 5.75 Å². The monoisotopic (exact) mass is 475 g/mol. The van der Waals surface area contributed by atoms with Crippen LogP contribution in [0.2, 0.25) is 0 Å². The van der Waals surface area contributed by atoms with E-state index in [2.05, 4.69) is 16.7 Å². The van der Waals surface area contributed by atoms with Crippen LogP contribution in [0, 0.1) is 12.8 Å². The molecular weight excluding hydrogens is 442 g/mol. The molecule has 1 aliphatic heterocycles. The van der Waals surface area contributed by atoms with E-state index in [0.29, 0.717) is 11.6 Å². The van der Waals surface area contributed by atoms with Gasteiger partial charge >= 0.3 is 0 Å². The second-order valence-corrected chi connectivity index (χ2v) is 10.7. The van der Waals surface area contributed by atoms with Crippen molar-refractivity contribution in [2.75, 3.05) is 23.4 Å². The fourth-order valence-corrected chi connectivity index (χ4v) is 5.54. The Hall–Kier alpha value is -2.57. The van der Waals surface area contributed by atoms with Gasteiger partial charge in [-0.1, -0.05) is 18.9 Å². The first kappa shape index (κ1) is 23.2. The van der Waals surface area contributed by atoms with Gasteiger partial charge in [0, 0.05) is 35.4 Å². The molecule has 3 aromatic rings. The molecule has 2 aromatic carbocycles. The highest BCUT2D eigenvalue weighted by Gasteiger charge is 2.20. The van der Waals surface area contributed by atoms with E-state index in [9.17, 15) is 4.79 Å². The number of hydrogen-bond donors (Lipinski definition) is 2. The van der Waals surface area contributed by atoms with Gasteiger partial charge in [0.2, 0.25) is 0 Å². The number of amides is 1. The van der Waals surface area contributed by atoms with Gasteiger partial charge < -0.3 is 15.4 Å². The first-order valence-corrected chi connectivity index (χ1v) is 13.5. The predicted molar refractivity (Wildman–Crippen MR) is 141 cm³/mol. The summed E-state index contributed by atoms with van der Waals surface area (Å²) in [4.78, 5) is 17.6. The number of hydrogen-bond acceptors (Lipinski definition) is 5. The largest absolute Gasteiger partial charge is 0.494 e. The number of pyridine rings is 1. The average Bonchev–Trinajstić information content (AvgIpc) is 3.70. The standard InChI is InChI=1S/C28H33N3O2S/c1-19-26(31-28(32)22-4-7-25(8-5-22)33-13-10-20-2-3-20)9-6-23-16-21(18-30-27(19)23)17-29-24-11-14-34-15-12-24/h4-9,16,18,20,24,29H,2-3,10-15,17H2,1H3,(H,31,32). The lowest BCUT2D eigenvalue weighted by molar-refractivity contribution is 0.102. The minimum atomic E-state index is -0.126. The molecule has 5 nitrogen and oxygen atoms in total. The Bertz CT molecular complexity index is 1140. The van der Waals surface area contributed by atoms with E-state index in [1.54, 1.807) is 0 Å². The molecule has 1 saturated heterocycles. The van der Waals surface area contributed by atoms with E-state index < -0.39 is 0 Å². The van der Waals surface area contributed by atoms with Crippen LogP contribution < -0.4 is 15.4 Å². The first-order chi connectivity index (χ1) is 16.7. The van der Waals surface area contributed by atoms with Gasteiger partial charge in [-0.15, -0.1) is 0 Å². The second kappa shape index (κ2) is 10.8. The Balaban J connectivity index is 1.20. The summed E-state index contributed by atoms with van der Waals surface area (Å²) in [5, 5.41) is 7.83. The molecule has 1 saturated carbocycles. The number of thioether (sulfide) groups is 1. The zero-order chi connectivity index (χ0) is 23.3. The molecule has 1 aromatic heterocycles. The van der Waals surface area contributed by atoms with E-state index in [1.165, 1.54) is 42.8 Å². The lowest BCUT2D eigenvalue weighted by Gasteiger charge is -2.22. The van der Waals surface area contributed by atoms with Gasteiger partial charge in [-0.05, 0) is 91.1 Å². The molecule has 0 radical (unpaired) electrons. The maximum Gasteiger partial charge on any atom is 0.255 e. The fourth-order valence-electron chi connectivity index (χ4n) is 4.44. The Labute approximate surface area is 206 Å². The van der Waals surface area contributed by atoms with Gasteiger partial charge in [-0.25, -0.2) is 0 Å². The summed E-state index contributed by atoms with van der Waals surface area (Å²) in [5.74, 6) is 4.04. The molecule has 2 aliphatic rings. The summed E-state index contributed by atoms with van der Waals surface area (Å²) in [6, 6.07) is 14.2. The predicted octanol–water partition coefficient (Wildman–Crippen LogP) is 5.96. The van der Waals surface area contributed by atoms with Gasteiger partial charge in [-0.3, -0.25) is 9.78 Å². The molecule has 2 N–H and O–H groups in total. The molecule has 0 unspecified atom stereocenters. The zero-order valence-corrected chi connectivity index (χ0v) is 20.6. The number of benzene rings is 2. The first-order valence-electron chi connectivity index (χ1n) is 12.4. The molecule has 1 aliphatic carbocycles. The van der Waals surface area contributed by atoms with Crippen molar-refractivity contribution in [2.45, 2.75) is 51.6 Å². The van der Waals surface area contributed by atoms with Crippen molar-refractivity contribution in [3.8, 4) is 5.75 Å². The van der Waals surface area contributed by atoms with Crippen molar-refractivity contribution in [3.63, 3.8) is 0 Å². The number of carbonyl (C=O) groups is 1. The third-order valence-electron chi connectivity index (χ3n) is 6.84. The van der Waals surface area contributed by atoms with E-state index in [1.807, 2.05) is 61.3 Å². The highest BCUT2D eigenvalue weighted by molar-refractivity contribution is 7.99. The van der Waals surface area contributed by atoms with E-state index in [0.717, 1.165) is 53.4 Å². The number of nitrogens with one attached hydrogen (secondary N) is 2. The SMILES string of the molecule is Cc1c(NC(=O)c2ccc(OCCC3CC3)cc2)ccc2cc(CNC3CCSCC3)cnc12. The number of aryl methyl sites for hydroxylation is 1. The maximum absolute atomic E-state index is 12.8. The normalized spacial score (nSPS) is 16.5. The summed E-state index contributed by atoms with van der Waals surface area (Å²) in [7, 11) is 0. The summed E-state index contributed by atoms with van der Waals surface area (Å²) in [6.07, 6.45) is 8.23. The van der Waals surface area contributed by atoms with Crippen LogP contribution in [0.3, 0.4) is 0 Å². The Morgan fingerprint density at radius 2 is 1.88 bits per heavy atom. The molecule has 5 rings (SSSR count). The molecule has 0 spiro atoms. The Kier molecular flexibility index (Phi) is 7.36. The second-order valence-electron chi connectivity index (χ2n) is 9.48. The number of carbonyl (C=O) groups excluding carboxylic acids is 1. The van der Waals surface area contributed by atoms with Crippen LogP contribution in [0.4, 0.5) is 5.69 Å². The lowest BCUT2D eigenvalue weighted by atomic mass is 10.1. The number of anilines is 1. The van der Waals surface area contributed by atoms with Crippen molar-refractivity contribution >= 4 is 34.3 Å². The molecule has 34 heavy (non-hydrogen) atoms. The molecule has 0 atom stereocenters. The van der Waals surface area contributed by atoms with Crippen LogP contribution in [-0.4, -0.2) is 35.0 Å². The van der Waals surface area contributed by atoms with Gasteiger partial charge in [0.1, 0.15) is 5.75 Å². The third-order valence-corrected chi connectivity index (χ3v) is 7.88. The topological polar surface area (TPSA) is 63.2 Å². The molecule has 0 bridgehead atoms. The molecule has 1 amide bonds. The van der Waals surface area contributed by atoms with Gasteiger partial charge in [-0.2, -0.15) is 11.8 Å². The number of rotatable bonds is 9. The molecule has 6 heteroatoms. The van der Waals surface area contributed by atoms with Crippen molar-refractivity contribution in [1.82, 2.24) is 10.3 Å². The molecule has 2 heterocycles. The highest BCUT2D eigenvalue weighted by Crippen LogP contribution is 2.32. The highest BCUT2D eigenvalue weighted by atomic mass is 32.2. The van der Waals surface area contributed by atoms with Gasteiger partial charge in [0.25, 0.3) is 5.91 Å². The average molecular weight is 476 g/mol. The van der Waals surface area contributed by atoms with E-state index >= 15 is 0 Å². The number of aromatic nitrogens is 1. The summed E-state index contributed by atoms with van der Waals surface area (Å²) >= 11 is 2.05. The number of nitrogens with zero attached hydrogens (tertiary/aromatic N) is 1.